The Labute approximate surface area is 114 Å². The summed E-state index contributed by atoms with van der Waals surface area (Å²) in [5, 5.41) is 3.51. The van der Waals surface area contributed by atoms with Gasteiger partial charge in [0.15, 0.2) is 0 Å². The molecule has 19 heavy (non-hydrogen) atoms. The lowest BCUT2D eigenvalue weighted by molar-refractivity contribution is 0.316. The molecule has 0 saturated heterocycles. The number of nitrogens with zero attached hydrogens (tertiary/aromatic N) is 1. The normalized spacial score (nSPS) is 27.2. The van der Waals surface area contributed by atoms with Crippen molar-refractivity contribution in [2.24, 2.45) is 5.92 Å². The van der Waals surface area contributed by atoms with Gasteiger partial charge in [0.05, 0.1) is 0 Å². The van der Waals surface area contributed by atoms with Crippen LogP contribution in [-0.2, 0) is 0 Å². The van der Waals surface area contributed by atoms with Crippen molar-refractivity contribution in [1.29, 1.82) is 0 Å². The lowest BCUT2D eigenvalue weighted by Gasteiger charge is -2.31. The van der Waals surface area contributed by atoms with E-state index in [4.69, 9.17) is 0 Å². The molecule has 2 unspecified atom stereocenters. The highest BCUT2D eigenvalue weighted by Crippen LogP contribution is 2.38. The molecule has 3 rings (SSSR count). The average Bonchev–Trinajstić information content (AvgIpc) is 3.23. The molecule has 0 amide bonds. The van der Waals surface area contributed by atoms with E-state index in [1.807, 2.05) is 0 Å². The molecule has 0 spiro atoms. The Morgan fingerprint density at radius 3 is 2.84 bits per heavy atom. The molecule has 2 saturated carbocycles. The van der Waals surface area contributed by atoms with Crippen molar-refractivity contribution in [3.63, 3.8) is 0 Å². The van der Waals surface area contributed by atoms with Crippen LogP contribution >= 0.6 is 0 Å². The fourth-order valence-corrected chi connectivity index (χ4v) is 3.18. The Hall–Kier alpha value is -1.32. The monoisotopic (exact) mass is 261 g/mol. The van der Waals surface area contributed by atoms with Gasteiger partial charge < -0.3 is 10.3 Å². The van der Waals surface area contributed by atoms with Crippen molar-refractivity contribution in [1.82, 2.24) is 9.97 Å². The van der Waals surface area contributed by atoms with Crippen LogP contribution in [0.1, 0.15) is 63.6 Å². The number of aromatic amines is 1. The summed E-state index contributed by atoms with van der Waals surface area (Å²) in [6.45, 7) is 2.26. The number of hydrogen-bond acceptors (Lipinski definition) is 3. The van der Waals surface area contributed by atoms with Gasteiger partial charge in [-0.3, -0.25) is 4.79 Å². The minimum absolute atomic E-state index is 0.0248. The van der Waals surface area contributed by atoms with E-state index in [9.17, 15) is 4.79 Å². The van der Waals surface area contributed by atoms with E-state index in [-0.39, 0.29) is 5.56 Å². The molecular formula is C15H23N3O. The van der Waals surface area contributed by atoms with Crippen molar-refractivity contribution >= 4 is 5.82 Å². The van der Waals surface area contributed by atoms with Crippen LogP contribution in [0, 0.1) is 5.92 Å². The number of H-pyrrole nitrogens is 1. The van der Waals surface area contributed by atoms with E-state index in [0.717, 1.165) is 30.4 Å². The summed E-state index contributed by atoms with van der Waals surface area (Å²) in [6, 6.07) is 2.09. The molecule has 4 nitrogen and oxygen atoms in total. The molecule has 2 fully saturated rings. The summed E-state index contributed by atoms with van der Waals surface area (Å²) in [7, 11) is 0. The van der Waals surface area contributed by atoms with Crippen LogP contribution in [0.5, 0.6) is 0 Å². The Balaban J connectivity index is 1.76. The third-order valence-electron chi connectivity index (χ3n) is 4.49. The van der Waals surface area contributed by atoms with E-state index >= 15 is 0 Å². The van der Waals surface area contributed by atoms with Crippen LogP contribution in [0.3, 0.4) is 0 Å². The van der Waals surface area contributed by atoms with Crippen LogP contribution in [0.4, 0.5) is 5.82 Å². The van der Waals surface area contributed by atoms with Gasteiger partial charge in [-0.15, -0.1) is 0 Å². The number of nitrogens with one attached hydrogen (secondary N) is 2. The molecule has 0 bridgehead atoms. The Kier molecular flexibility index (Phi) is 3.58. The third kappa shape index (κ3) is 2.99. The van der Waals surface area contributed by atoms with Gasteiger partial charge in [-0.2, -0.15) is 0 Å². The quantitative estimate of drug-likeness (QED) is 0.876. The Morgan fingerprint density at radius 1 is 1.32 bits per heavy atom. The van der Waals surface area contributed by atoms with Gasteiger partial charge in [0, 0.05) is 18.0 Å². The van der Waals surface area contributed by atoms with E-state index in [0.29, 0.717) is 12.0 Å². The van der Waals surface area contributed by atoms with Gasteiger partial charge in [0.25, 0.3) is 5.56 Å². The summed E-state index contributed by atoms with van der Waals surface area (Å²) < 4.78 is 0. The second kappa shape index (κ2) is 5.35. The minimum atomic E-state index is -0.0248. The highest BCUT2D eigenvalue weighted by Gasteiger charge is 2.27. The molecule has 1 aromatic heterocycles. The van der Waals surface area contributed by atoms with E-state index in [1.165, 1.54) is 32.1 Å². The zero-order valence-corrected chi connectivity index (χ0v) is 11.6. The van der Waals surface area contributed by atoms with Gasteiger partial charge in [0.1, 0.15) is 11.6 Å². The summed E-state index contributed by atoms with van der Waals surface area (Å²) in [4.78, 5) is 19.2. The molecule has 0 aliphatic heterocycles. The van der Waals surface area contributed by atoms with Crippen LogP contribution in [0.15, 0.2) is 10.9 Å². The molecule has 2 N–H and O–H groups in total. The molecule has 2 aliphatic carbocycles. The summed E-state index contributed by atoms with van der Waals surface area (Å²) >= 11 is 0. The number of hydrogen-bond donors (Lipinski definition) is 2. The fraction of sp³-hybridized carbons (Fsp3) is 0.733. The zero-order valence-electron chi connectivity index (χ0n) is 11.6. The first kappa shape index (κ1) is 12.7. The van der Waals surface area contributed by atoms with Crippen LogP contribution in [0.2, 0.25) is 0 Å². The first-order chi connectivity index (χ1) is 9.26. The minimum Gasteiger partial charge on any atom is -0.367 e. The van der Waals surface area contributed by atoms with Gasteiger partial charge in [-0.25, -0.2) is 4.98 Å². The molecule has 4 heteroatoms. The molecule has 0 radical (unpaired) electrons. The molecule has 104 valence electrons. The highest BCUT2D eigenvalue weighted by molar-refractivity contribution is 5.35. The smallest absolute Gasteiger partial charge is 0.252 e. The van der Waals surface area contributed by atoms with Gasteiger partial charge in [0.2, 0.25) is 0 Å². The largest absolute Gasteiger partial charge is 0.367 e. The zero-order chi connectivity index (χ0) is 13.2. The van der Waals surface area contributed by atoms with Gasteiger partial charge in [-0.05, 0) is 31.6 Å². The standard InChI is InChI=1S/C15H23N3O/c1-2-10-5-3-4-6-12(10)16-13-9-14(19)18-15(17-13)11-7-8-11/h9-12H,2-8H2,1H3,(H2,16,17,18,19). The third-order valence-corrected chi connectivity index (χ3v) is 4.49. The van der Waals surface area contributed by atoms with E-state index < -0.39 is 0 Å². The van der Waals surface area contributed by atoms with Crippen molar-refractivity contribution in [3.8, 4) is 0 Å². The first-order valence-electron chi connectivity index (χ1n) is 7.64. The Morgan fingerprint density at radius 2 is 2.11 bits per heavy atom. The lowest BCUT2D eigenvalue weighted by Crippen LogP contribution is -2.32. The van der Waals surface area contributed by atoms with Crippen LogP contribution in [-0.4, -0.2) is 16.0 Å². The van der Waals surface area contributed by atoms with Crippen molar-refractivity contribution in [3.05, 3.63) is 22.2 Å². The SMILES string of the molecule is CCC1CCCCC1Nc1cc(=O)[nH]c(C2CC2)n1. The van der Waals surface area contributed by atoms with Crippen molar-refractivity contribution < 1.29 is 0 Å². The summed E-state index contributed by atoms with van der Waals surface area (Å²) in [6.07, 6.45) is 8.65. The van der Waals surface area contributed by atoms with Gasteiger partial charge in [-0.1, -0.05) is 26.2 Å². The predicted octanol–water partition coefficient (Wildman–Crippen LogP) is 3.03. The maximum atomic E-state index is 11.7. The van der Waals surface area contributed by atoms with Gasteiger partial charge >= 0.3 is 0 Å². The topological polar surface area (TPSA) is 57.8 Å². The average molecular weight is 261 g/mol. The molecule has 1 heterocycles. The maximum absolute atomic E-state index is 11.7. The van der Waals surface area contributed by atoms with E-state index in [1.54, 1.807) is 6.07 Å². The second-order valence-electron chi connectivity index (χ2n) is 5.99. The maximum Gasteiger partial charge on any atom is 0.252 e. The lowest BCUT2D eigenvalue weighted by atomic mass is 9.83. The fourth-order valence-electron chi connectivity index (χ4n) is 3.18. The molecule has 0 aromatic carbocycles. The Bertz CT molecular complexity index is 492. The predicted molar refractivity (Wildman–Crippen MR) is 76.5 cm³/mol. The number of anilines is 1. The van der Waals surface area contributed by atoms with Crippen molar-refractivity contribution in [2.75, 3.05) is 5.32 Å². The molecule has 1 aromatic rings. The molecule has 2 aliphatic rings. The summed E-state index contributed by atoms with van der Waals surface area (Å²) in [5.74, 6) is 2.86. The highest BCUT2D eigenvalue weighted by atomic mass is 16.1. The summed E-state index contributed by atoms with van der Waals surface area (Å²) in [5.41, 5.74) is -0.0248. The number of rotatable bonds is 4. The molecular weight excluding hydrogens is 238 g/mol. The second-order valence-corrected chi connectivity index (χ2v) is 5.99. The van der Waals surface area contributed by atoms with Crippen LogP contribution in [0.25, 0.3) is 0 Å². The van der Waals surface area contributed by atoms with E-state index in [2.05, 4.69) is 22.2 Å². The van der Waals surface area contributed by atoms with Crippen LogP contribution < -0.4 is 10.9 Å². The number of aromatic nitrogens is 2. The van der Waals surface area contributed by atoms with Crippen molar-refractivity contribution in [2.45, 2.75) is 63.8 Å². The molecule has 2 atom stereocenters. The first-order valence-corrected chi connectivity index (χ1v) is 7.64.